The Hall–Kier alpha value is -4.39. The van der Waals surface area contributed by atoms with Crippen LogP contribution in [0.15, 0.2) is 95.6 Å². The molecule has 0 aliphatic heterocycles. The lowest BCUT2D eigenvalue weighted by molar-refractivity contribution is 0.0945. The molecular weight excluding hydrogens is 423 g/mol. The van der Waals surface area contributed by atoms with Gasteiger partial charge in [0, 0.05) is 12.2 Å². The van der Waals surface area contributed by atoms with Gasteiger partial charge in [-0.1, -0.05) is 36.4 Å². The average molecular weight is 444 g/mol. The Balaban J connectivity index is 1.33. The van der Waals surface area contributed by atoms with E-state index in [0.29, 0.717) is 23.5 Å². The number of hydrogen-bond acceptors (Lipinski definition) is 4. The SMILES string of the molecule is O=C(Nc1ccc(CNC(=O)c2ccccc2OCc2ccc(F)cc2)cc1)c1ccco1. The maximum atomic E-state index is 13.1. The summed E-state index contributed by atoms with van der Waals surface area (Å²) in [6.07, 6.45) is 1.44. The third-order valence-electron chi connectivity index (χ3n) is 4.85. The molecule has 33 heavy (non-hydrogen) atoms. The number of hydrogen-bond donors (Lipinski definition) is 2. The van der Waals surface area contributed by atoms with Gasteiger partial charge >= 0.3 is 0 Å². The van der Waals surface area contributed by atoms with Crippen molar-refractivity contribution in [1.82, 2.24) is 5.32 Å². The fourth-order valence-electron chi connectivity index (χ4n) is 3.11. The highest BCUT2D eigenvalue weighted by molar-refractivity contribution is 6.02. The van der Waals surface area contributed by atoms with Gasteiger partial charge in [0.05, 0.1) is 11.8 Å². The number of carbonyl (C=O) groups excluding carboxylic acids is 2. The summed E-state index contributed by atoms with van der Waals surface area (Å²) in [7, 11) is 0. The number of halogens is 1. The van der Waals surface area contributed by atoms with Crippen molar-refractivity contribution in [2.75, 3.05) is 5.32 Å². The van der Waals surface area contributed by atoms with Crippen LogP contribution >= 0.6 is 0 Å². The second kappa shape index (κ2) is 10.3. The largest absolute Gasteiger partial charge is 0.488 e. The fourth-order valence-corrected chi connectivity index (χ4v) is 3.11. The molecule has 0 spiro atoms. The molecule has 0 radical (unpaired) electrons. The van der Waals surface area contributed by atoms with E-state index in [1.54, 1.807) is 60.7 Å². The summed E-state index contributed by atoms with van der Waals surface area (Å²) in [5.41, 5.74) is 2.68. The van der Waals surface area contributed by atoms with E-state index in [4.69, 9.17) is 9.15 Å². The Morgan fingerprint density at radius 3 is 2.27 bits per heavy atom. The molecule has 2 amide bonds. The van der Waals surface area contributed by atoms with E-state index in [9.17, 15) is 14.0 Å². The molecule has 2 N–H and O–H groups in total. The van der Waals surface area contributed by atoms with Gasteiger partial charge in [-0.2, -0.15) is 0 Å². The lowest BCUT2D eigenvalue weighted by Gasteiger charge is -2.12. The van der Waals surface area contributed by atoms with Crippen molar-refractivity contribution < 1.29 is 23.1 Å². The summed E-state index contributed by atoms with van der Waals surface area (Å²) in [5.74, 6) is -0.258. The van der Waals surface area contributed by atoms with Crippen LogP contribution in [0.2, 0.25) is 0 Å². The van der Waals surface area contributed by atoms with Gasteiger partial charge in [0.25, 0.3) is 11.8 Å². The van der Waals surface area contributed by atoms with E-state index < -0.39 is 0 Å². The summed E-state index contributed by atoms with van der Waals surface area (Å²) in [6, 6.07) is 23.3. The molecule has 3 aromatic carbocycles. The molecular formula is C26H21FN2O4. The van der Waals surface area contributed by atoms with Crippen molar-refractivity contribution in [1.29, 1.82) is 0 Å². The molecule has 0 atom stereocenters. The number of furan rings is 1. The number of amides is 2. The maximum absolute atomic E-state index is 13.1. The number of carbonyl (C=O) groups is 2. The summed E-state index contributed by atoms with van der Waals surface area (Å²) in [5, 5.41) is 5.62. The van der Waals surface area contributed by atoms with Crippen molar-refractivity contribution in [3.05, 3.63) is 119 Å². The zero-order chi connectivity index (χ0) is 23.0. The number of rotatable bonds is 8. The first kappa shape index (κ1) is 21.8. The van der Waals surface area contributed by atoms with Gasteiger partial charge in [-0.15, -0.1) is 0 Å². The van der Waals surface area contributed by atoms with Gasteiger partial charge in [-0.05, 0) is 59.7 Å². The van der Waals surface area contributed by atoms with E-state index in [1.807, 2.05) is 12.1 Å². The molecule has 0 bridgehead atoms. The second-order valence-corrected chi connectivity index (χ2v) is 7.22. The van der Waals surface area contributed by atoms with E-state index in [0.717, 1.165) is 11.1 Å². The monoisotopic (exact) mass is 444 g/mol. The first-order valence-electron chi connectivity index (χ1n) is 10.3. The molecule has 7 heteroatoms. The number of nitrogens with one attached hydrogen (secondary N) is 2. The number of para-hydroxylation sites is 1. The second-order valence-electron chi connectivity index (χ2n) is 7.22. The topological polar surface area (TPSA) is 80.6 Å². The Morgan fingerprint density at radius 1 is 0.818 bits per heavy atom. The van der Waals surface area contributed by atoms with E-state index in [2.05, 4.69) is 10.6 Å². The van der Waals surface area contributed by atoms with Crippen LogP contribution in [0.3, 0.4) is 0 Å². The maximum Gasteiger partial charge on any atom is 0.291 e. The standard InChI is InChI=1S/C26H21FN2O4/c27-20-11-7-19(8-12-20)17-33-23-5-2-1-4-22(23)25(30)28-16-18-9-13-21(14-10-18)29-26(31)24-6-3-15-32-24/h1-15H,16-17H2,(H,28,30)(H,29,31). The molecule has 166 valence electrons. The lowest BCUT2D eigenvalue weighted by Crippen LogP contribution is -2.23. The molecule has 6 nitrogen and oxygen atoms in total. The summed E-state index contributed by atoms with van der Waals surface area (Å²) < 4.78 is 23.9. The number of benzene rings is 3. The molecule has 0 unspecified atom stereocenters. The third-order valence-corrected chi connectivity index (χ3v) is 4.85. The Bertz CT molecular complexity index is 1220. The van der Waals surface area contributed by atoms with E-state index in [1.165, 1.54) is 18.4 Å². The Labute approximate surface area is 190 Å². The quantitative estimate of drug-likeness (QED) is 0.392. The van der Waals surface area contributed by atoms with E-state index >= 15 is 0 Å². The minimum Gasteiger partial charge on any atom is -0.488 e. The average Bonchev–Trinajstić information content (AvgIpc) is 3.39. The molecule has 4 aromatic rings. The molecule has 0 aliphatic carbocycles. The zero-order valence-corrected chi connectivity index (χ0v) is 17.6. The Kier molecular flexibility index (Phi) is 6.80. The van der Waals surface area contributed by atoms with Gasteiger partial charge < -0.3 is 19.8 Å². The van der Waals surface area contributed by atoms with E-state index in [-0.39, 0.29) is 30.0 Å². The van der Waals surface area contributed by atoms with Gasteiger partial charge in [0.2, 0.25) is 0 Å². The van der Waals surface area contributed by atoms with Gasteiger partial charge in [-0.25, -0.2) is 4.39 Å². The van der Waals surface area contributed by atoms with Crippen LogP contribution in [0, 0.1) is 5.82 Å². The van der Waals surface area contributed by atoms with Crippen molar-refractivity contribution in [2.24, 2.45) is 0 Å². The van der Waals surface area contributed by atoms with Gasteiger partial charge in [0.15, 0.2) is 5.76 Å². The first-order chi connectivity index (χ1) is 16.1. The zero-order valence-electron chi connectivity index (χ0n) is 17.6. The van der Waals surface area contributed by atoms with Crippen molar-refractivity contribution in [3.63, 3.8) is 0 Å². The predicted molar refractivity (Wildman–Crippen MR) is 121 cm³/mol. The van der Waals surface area contributed by atoms with Crippen LogP contribution in [0.25, 0.3) is 0 Å². The van der Waals surface area contributed by atoms with Crippen LogP contribution in [0.4, 0.5) is 10.1 Å². The van der Waals surface area contributed by atoms with Crippen LogP contribution in [-0.4, -0.2) is 11.8 Å². The van der Waals surface area contributed by atoms with Gasteiger partial charge in [-0.3, -0.25) is 9.59 Å². The highest BCUT2D eigenvalue weighted by Gasteiger charge is 2.13. The smallest absolute Gasteiger partial charge is 0.291 e. The molecule has 4 rings (SSSR count). The predicted octanol–water partition coefficient (Wildman–Crippen LogP) is 5.18. The third kappa shape index (κ3) is 5.86. The minimum atomic E-state index is -0.335. The first-order valence-corrected chi connectivity index (χ1v) is 10.3. The minimum absolute atomic E-state index is 0.218. The number of anilines is 1. The van der Waals surface area contributed by atoms with Gasteiger partial charge in [0.1, 0.15) is 18.2 Å². The van der Waals surface area contributed by atoms with Crippen molar-refractivity contribution in [2.45, 2.75) is 13.2 Å². The highest BCUT2D eigenvalue weighted by Crippen LogP contribution is 2.20. The fraction of sp³-hybridized carbons (Fsp3) is 0.0769. The van der Waals surface area contributed by atoms with Crippen LogP contribution in [-0.2, 0) is 13.2 Å². The summed E-state index contributed by atoms with van der Waals surface area (Å²) in [6.45, 7) is 0.521. The summed E-state index contributed by atoms with van der Waals surface area (Å²) in [4.78, 5) is 24.8. The highest BCUT2D eigenvalue weighted by atomic mass is 19.1. The lowest BCUT2D eigenvalue weighted by atomic mass is 10.1. The molecule has 0 saturated heterocycles. The summed E-state index contributed by atoms with van der Waals surface area (Å²) >= 11 is 0. The van der Waals surface area contributed by atoms with Crippen LogP contribution < -0.4 is 15.4 Å². The van der Waals surface area contributed by atoms with Crippen LogP contribution in [0.1, 0.15) is 32.0 Å². The molecule has 0 aliphatic rings. The number of ether oxygens (including phenoxy) is 1. The molecule has 1 heterocycles. The van der Waals surface area contributed by atoms with Crippen molar-refractivity contribution in [3.8, 4) is 5.75 Å². The normalized spacial score (nSPS) is 10.5. The van der Waals surface area contributed by atoms with Crippen LogP contribution in [0.5, 0.6) is 5.75 Å². The molecule has 0 fully saturated rings. The Morgan fingerprint density at radius 2 is 1.55 bits per heavy atom. The van der Waals surface area contributed by atoms with Crippen molar-refractivity contribution >= 4 is 17.5 Å². The molecule has 0 saturated carbocycles. The molecule has 1 aromatic heterocycles.